The second-order valence-electron chi connectivity index (χ2n) is 7.17. The van der Waals surface area contributed by atoms with Crippen molar-refractivity contribution in [3.63, 3.8) is 0 Å². The summed E-state index contributed by atoms with van der Waals surface area (Å²) < 4.78 is 1.60. The van der Waals surface area contributed by atoms with Gasteiger partial charge in [-0.2, -0.15) is 4.98 Å². The van der Waals surface area contributed by atoms with Crippen molar-refractivity contribution in [2.24, 2.45) is 0 Å². The predicted octanol–water partition coefficient (Wildman–Crippen LogP) is 4.45. The van der Waals surface area contributed by atoms with Crippen molar-refractivity contribution in [2.45, 2.75) is 20.8 Å². The normalized spacial score (nSPS) is 11.0. The molecule has 0 aliphatic carbocycles. The number of nitro benzene ring substituents is 2. The van der Waals surface area contributed by atoms with Crippen molar-refractivity contribution >= 4 is 39.5 Å². The summed E-state index contributed by atoms with van der Waals surface area (Å²) in [6, 6.07) is 7.85. The second kappa shape index (κ2) is 7.81. The molecule has 4 aromatic rings. The first-order valence-corrected chi connectivity index (χ1v) is 10.2. The van der Waals surface area contributed by atoms with Crippen LogP contribution in [0.25, 0.3) is 16.2 Å². The molecule has 0 unspecified atom stereocenters. The maximum atomic E-state index is 12.8. The van der Waals surface area contributed by atoms with Crippen LogP contribution in [0.5, 0.6) is 0 Å². The molecule has 2 heterocycles. The van der Waals surface area contributed by atoms with Gasteiger partial charge in [-0.25, -0.2) is 4.52 Å². The molecule has 32 heavy (non-hydrogen) atoms. The van der Waals surface area contributed by atoms with Crippen molar-refractivity contribution < 1.29 is 14.6 Å². The highest BCUT2D eigenvalue weighted by Crippen LogP contribution is 2.30. The standard InChI is InChI=1S/C20H16N6O5S/c1-10-4-5-14(11(2)6-10)17-9-32-20-22-19(23-24(17)20)21-18(27)15-7-13(25(28)29)8-16(12(15)3)26(30)31/h4-9H,1-3H3,(H,21,23,27). The van der Waals surface area contributed by atoms with E-state index in [0.717, 1.165) is 34.5 Å². The summed E-state index contributed by atoms with van der Waals surface area (Å²) in [5, 5.41) is 31.1. The van der Waals surface area contributed by atoms with E-state index in [0.29, 0.717) is 4.96 Å². The number of nitrogens with one attached hydrogen (secondary N) is 1. The number of benzene rings is 2. The Morgan fingerprint density at radius 1 is 1.09 bits per heavy atom. The molecule has 12 heteroatoms. The average molecular weight is 452 g/mol. The fourth-order valence-corrected chi connectivity index (χ4v) is 4.23. The zero-order valence-corrected chi connectivity index (χ0v) is 18.0. The molecule has 1 amide bonds. The molecule has 11 nitrogen and oxygen atoms in total. The summed E-state index contributed by atoms with van der Waals surface area (Å²) in [6.07, 6.45) is 0. The molecule has 2 aromatic heterocycles. The van der Waals surface area contributed by atoms with Gasteiger partial charge < -0.3 is 0 Å². The molecule has 0 bridgehead atoms. The van der Waals surface area contributed by atoms with Crippen LogP contribution in [0.1, 0.15) is 27.0 Å². The van der Waals surface area contributed by atoms with Crippen molar-refractivity contribution in [3.8, 4) is 11.3 Å². The van der Waals surface area contributed by atoms with Gasteiger partial charge in [0.25, 0.3) is 23.2 Å². The van der Waals surface area contributed by atoms with E-state index in [1.165, 1.54) is 18.3 Å². The Balaban J connectivity index is 1.70. The molecular formula is C20H16N6O5S. The van der Waals surface area contributed by atoms with Gasteiger partial charge >= 0.3 is 0 Å². The van der Waals surface area contributed by atoms with Crippen LogP contribution in [0.3, 0.4) is 0 Å². The predicted molar refractivity (Wildman–Crippen MR) is 118 cm³/mol. The van der Waals surface area contributed by atoms with Gasteiger partial charge in [0.05, 0.1) is 27.2 Å². The van der Waals surface area contributed by atoms with Gasteiger partial charge in [0, 0.05) is 22.6 Å². The number of aryl methyl sites for hydroxylation is 2. The molecule has 0 saturated heterocycles. The van der Waals surface area contributed by atoms with Gasteiger partial charge in [0.1, 0.15) is 0 Å². The summed E-state index contributed by atoms with van der Waals surface area (Å²) in [4.78, 5) is 38.5. The first-order valence-electron chi connectivity index (χ1n) is 9.32. The zero-order chi connectivity index (χ0) is 23.2. The van der Waals surface area contributed by atoms with Crippen LogP contribution in [0, 0.1) is 41.0 Å². The van der Waals surface area contributed by atoms with Gasteiger partial charge in [-0.05, 0) is 26.3 Å². The van der Waals surface area contributed by atoms with E-state index in [1.54, 1.807) is 4.52 Å². The van der Waals surface area contributed by atoms with E-state index >= 15 is 0 Å². The number of carbonyl (C=O) groups is 1. The Labute approximate surface area is 184 Å². The van der Waals surface area contributed by atoms with Crippen LogP contribution >= 0.6 is 11.3 Å². The highest BCUT2D eigenvalue weighted by Gasteiger charge is 2.25. The molecule has 0 fully saturated rings. The van der Waals surface area contributed by atoms with Crippen LogP contribution < -0.4 is 5.32 Å². The second-order valence-corrected chi connectivity index (χ2v) is 8.01. The van der Waals surface area contributed by atoms with E-state index in [9.17, 15) is 25.0 Å². The minimum Gasteiger partial charge on any atom is -0.289 e. The quantitative estimate of drug-likeness (QED) is 0.348. The lowest BCUT2D eigenvalue weighted by Crippen LogP contribution is -2.16. The van der Waals surface area contributed by atoms with Crippen molar-refractivity contribution in [2.75, 3.05) is 5.32 Å². The van der Waals surface area contributed by atoms with Crippen LogP contribution in [0.2, 0.25) is 0 Å². The largest absolute Gasteiger partial charge is 0.289 e. The lowest BCUT2D eigenvalue weighted by atomic mass is 10.0. The van der Waals surface area contributed by atoms with Crippen molar-refractivity contribution in [1.82, 2.24) is 14.6 Å². The number of amides is 1. The maximum absolute atomic E-state index is 12.8. The minimum atomic E-state index is -0.787. The third kappa shape index (κ3) is 3.67. The lowest BCUT2D eigenvalue weighted by molar-refractivity contribution is -0.394. The number of non-ortho nitro benzene ring substituents is 1. The van der Waals surface area contributed by atoms with Crippen LogP contribution in [-0.4, -0.2) is 30.4 Å². The fourth-order valence-electron chi connectivity index (χ4n) is 3.40. The van der Waals surface area contributed by atoms with Gasteiger partial charge in [-0.3, -0.25) is 30.3 Å². The van der Waals surface area contributed by atoms with Gasteiger partial charge in [0.15, 0.2) is 0 Å². The Morgan fingerprint density at radius 2 is 1.84 bits per heavy atom. The first kappa shape index (κ1) is 21.1. The number of carbonyl (C=O) groups excluding carboxylic acids is 1. The van der Waals surface area contributed by atoms with E-state index in [1.807, 2.05) is 31.4 Å². The molecule has 0 saturated carbocycles. The number of anilines is 1. The number of thiazole rings is 1. The molecule has 162 valence electrons. The van der Waals surface area contributed by atoms with Crippen LogP contribution in [0.4, 0.5) is 17.3 Å². The third-order valence-corrected chi connectivity index (χ3v) is 5.80. The topological polar surface area (TPSA) is 146 Å². The summed E-state index contributed by atoms with van der Waals surface area (Å²) in [5.74, 6) is -0.790. The Bertz CT molecular complexity index is 1420. The fraction of sp³-hybridized carbons (Fsp3) is 0.150. The maximum Gasteiger partial charge on any atom is 0.279 e. The van der Waals surface area contributed by atoms with E-state index in [-0.39, 0.29) is 17.1 Å². The number of rotatable bonds is 5. The zero-order valence-electron chi connectivity index (χ0n) is 17.1. The minimum absolute atomic E-state index is 0.00934. The Hall–Kier alpha value is -4.19. The Morgan fingerprint density at radius 3 is 2.50 bits per heavy atom. The van der Waals surface area contributed by atoms with Gasteiger partial charge in [-0.15, -0.1) is 16.4 Å². The molecule has 0 atom stereocenters. The highest BCUT2D eigenvalue weighted by molar-refractivity contribution is 7.15. The van der Waals surface area contributed by atoms with Gasteiger partial charge in [-0.1, -0.05) is 23.8 Å². The number of hydrogen-bond acceptors (Lipinski definition) is 8. The molecule has 1 N–H and O–H groups in total. The average Bonchev–Trinajstić information content (AvgIpc) is 3.28. The van der Waals surface area contributed by atoms with Crippen molar-refractivity contribution in [1.29, 1.82) is 0 Å². The summed E-state index contributed by atoms with van der Waals surface area (Å²) >= 11 is 1.34. The number of nitro groups is 2. The van der Waals surface area contributed by atoms with E-state index in [4.69, 9.17) is 0 Å². The lowest BCUT2D eigenvalue weighted by Gasteiger charge is -2.06. The number of hydrogen-bond donors (Lipinski definition) is 1. The van der Waals surface area contributed by atoms with E-state index in [2.05, 4.69) is 21.5 Å². The smallest absolute Gasteiger partial charge is 0.279 e. The Kier molecular flexibility index (Phi) is 5.14. The van der Waals surface area contributed by atoms with Crippen LogP contribution in [0.15, 0.2) is 35.7 Å². The number of nitrogens with zero attached hydrogens (tertiary/aromatic N) is 5. The third-order valence-electron chi connectivity index (χ3n) is 4.98. The molecule has 0 radical (unpaired) electrons. The SMILES string of the molecule is Cc1ccc(-c2csc3nc(NC(=O)c4cc([N+](=O)[O-])cc([N+](=O)[O-])c4C)nn23)c(C)c1. The highest BCUT2D eigenvalue weighted by atomic mass is 32.1. The van der Waals surface area contributed by atoms with Crippen LogP contribution in [-0.2, 0) is 0 Å². The number of aromatic nitrogens is 3. The summed E-state index contributed by atoms with van der Waals surface area (Å²) in [6.45, 7) is 5.35. The molecular weight excluding hydrogens is 436 g/mol. The summed E-state index contributed by atoms with van der Waals surface area (Å²) in [5.41, 5.74) is 2.71. The molecule has 0 aliphatic heterocycles. The van der Waals surface area contributed by atoms with E-state index < -0.39 is 27.1 Å². The number of fused-ring (bicyclic) bond motifs is 1. The summed E-state index contributed by atoms with van der Waals surface area (Å²) in [7, 11) is 0. The molecule has 0 spiro atoms. The van der Waals surface area contributed by atoms with Gasteiger partial charge in [0.2, 0.25) is 4.96 Å². The monoisotopic (exact) mass is 452 g/mol. The van der Waals surface area contributed by atoms with Crippen molar-refractivity contribution in [3.05, 3.63) is 78.2 Å². The molecule has 4 rings (SSSR count). The molecule has 2 aromatic carbocycles. The molecule has 0 aliphatic rings. The first-order chi connectivity index (χ1) is 15.2.